The molecular formula is C12H17N3OS. The largest absolute Gasteiger partial charge is 0.389 e. The van der Waals surface area contributed by atoms with Gasteiger partial charge in [0.25, 0.3) is 0 Å². The molecule has 0 radical (unpaired) electrons. The van der Waals surface area contributed by atoms with Crippen LogP contribution in [0.4, 0.5) is 5.82 Å². The van der Waals surface area contributed by atoms with Gasteiger partial charge in [-0.2, -0.15) is 0 Å². The van der Waals surface area contributed by atoms with E-state index in [9.17, 15) is 0 Å². The van der Waals surface area contributed by atoms with Crippen LogP contribution >= 0.6 is 12.2 Å². The van der Waals surface area contributed by atoms with E-state index in [0.29, 0.717) is 17.6 Å². The molecule has 2 rings (SSSR count). The molecule has 1 aliphatic heterocycles. The molecule has 2 N–H and O–H groups in total. The van der Waals surface area contributed by atoms with Crippen molar-refractivity contribution in [2.24, 2.45) is 5.73 Å². The first-order valence-electron chi connectivity index (χ1n) is 5.71. The number of rotatable bonds is 2. The zero-order chi connectivity index (χ0) is 12.4. The molecule has 5 heteroatoms. The molecule has 1 aromatic rings. The molecule has 1 atom stereocenters. The Balaban J connectivity index is 2.43. The third-order valence-corrected chi connectivity index (χ3v) is 3.23. The molecule has 1 unspecified atom stereocenters. The smallest absolute Gasteiger partial charge is 0.139 e. The van der Waals surface area contributed by atoms with Crippen LogP contribution in [0.2, 0.25) is 0 Å². The van der Waals surface area contributed by atoms with E-state index < -0.39 is 0 Å². The molecule has 2 heterocycles. The van der Waals surface area contributed by atoms with Gasteiger partial charge in [-0.05, 0) is 25.5 Å². The number of anilines is 1. The van der Waals surface area contributed by atoms with Crippen molar-refractivity contribution < 1.29 is 4.74 Å². The summed E-state index contributed by atoms with van der Waals surface area (Å²) in [6, 6.07) is 2.23. The minimum absolute atomic E-state index is 0.297. The number of aromatic nitrogens is 1. The second-order valence-corrected chi connectivity index (χ2v) is 4.75. The van der Waals surface area contributed by atoms with E-state index >= 15 is 0 Å². The Morgan fingerprint density at radius 3 is 3.06 bits per heavy atom. The van der Waals surface area contributed by atoms with Crippen LogP contribution in [0.3, 0.4) is 0 Å². The van der Waals surface area contributed by atoms with Gasteiger partial charge in [0.2, 0.25) is 0 Å². The summed E-state index contributed by atoms with van der Waals surface area (Å²) < 4.78 is 5.43. The summed E-state index contributed by atoms with van der Waals surface area (Å²) in [4.78, 5) is 7.06. The first-order valence-corrected chi connectivity index (χ1v) is 6.12. The van der Waals surface area contributed by atoms with Crippen molar-refractivity contribution in [3.05, 3.63) is 23.4 Å². The van der Waals surface area contributed by atoms with Crippen molar-refractivity contribution in [3.8, 4) is 0 Å². The number of ether oxygens (including phenoxy) is 1. The predicted octanol–water partition coefficient (Wildman–Crippen LogP) is 1.25. The normalized spacial score (nSPS) is 20.4. The van der Waals surface area contributed by atoms with Crippen LogP contribution in [-0.2, 0) is 4.74 Å². The van der Waals surface area contributed by atoms with E-state index in [4.69, 9.17) is 22.7 Å². The molecule has 1 saturated heterocycles. The summed E-state index contributed by atoms with van der Waals surface area (Å²) >= 11 is 5.12. The number of hydrogen-bond donors (Lipinski definition) is 1. The van der Waals surface area contributed by atoms with E-state index in [1.807, 2.05) is 13.0 Å². The fraction of sp³-hybridized carbons (Fsp3) is 0.500. The first-order chi connectivity index (χ1) is 8.11. The lowest BCUT2D eigenvalue weighted by atomic mass is 10.1. The monoisotopic (exact) mass is 251 g/mol. The molecule has 4 nitrogen and oxygen atoms in total. The molecule has 1 aliphatic rings. The fourth-order valence-electron chi connectivity index (χ4n) is 2.11. The second-order valence-electron chi connectivity index (χ2n) is 4.31. The lowest BCUT2D eigenvalue weighted by Crippen LogP contribution is -2.45. The van der Waals surface area contributed by atoms with E-state index in [2.05, 4.69) is 16.8 Å². The van der Waals surface area contributed by atoms with Gasteiger partial charge < -0.3 is 15.4 Å². The zero-order valence-corrected chi connectivity index (χ0v) is 11.0. The lowest BCUT2D eigenvalue weighted by Gasteiger charge is -2.35. The summed E-state index contributed by atoms with van der Waals surface area (Å²) in [6.07, 6.45) is 1.80. The Hall–Kier alpha value is -1.20. The minimum atomic E-state index is 0.297. The molecule has 0 aliphatic carbocycles. The topological polar surface area (TPSA) is 51.4 Å². The Bertz CT molecular complexity index is 436. The summed E-state index contributed by atoms with van der Waals surface area (Å²) in [6.45, 7) is 6.38. The molecule has 1 aromatic heterocycles. The van der Waals surface area contributed by atoms with Crippen LogP contribution in [0.5, 0.6) is 0 Å². The SMILES string of the molecule is Cc1ccnc(N2CCOCC2C)c1C(N)=S. The van der Waals surface area contributed by atoms with Crippen molar-refractivity contribution in [1.29, 1.82) is 0 Å². The zero-order valence-electron chi connectivity index (χ0n) is 10.1. The first kappa shape index (κ1) is 12.3. The highest BCUT2D eigenvalue weighted by atomic mass is 32.1. The maximum absolute atomic E-state index is 5.80. The Labute approximate surface area is 107 Å². The molecule has 92 valence electrons. The maximum Gasteiger partial charge on any atom is 0.139 e. The van der Waals surface area contributed by atoms with E-state index in [1.54, 1.807) is 6.20 Å². The molecule has 0 spiro atoms. The van der Waals surface area contributed by atoms with Gasteiger partial charge >= 0.3 is 0 Å². The molecule has 1 fully saturated rings. The van der Waals surface area contributed by atoms with Crippen molar-refractivity contribution in [2.45, 2.75) is 19.9 Å². The minimum Gasteiger partial charge on any atom is -0.389 e. The third-order valence-electron chi connectivity index (χ3n) is 3.03. The quantitative estimate of drug-likeness (QED) is 0.802. The molecule has 0 amide bonds. The Morgan fingerprint density at radius 2 is 2.41 bits per heavy atom. The maximum atomic E-state index is 5.80. The van der Waals surface area contributed by atoms with E-state index in [0.717, 1.165) is 30.1 Å². The number of thiocarbonyl (C=S) groups is 1. The van der Waals surface area contributed by atoms with Gasteiger partial charge in [0.1, 0.15) is 10.8 Å². The highest BCUT2D eigenvalue weighted by Crippen LogP contribution is 2.24. The molecule has 17 heavy (non-hydrogen) atoms. The number of morpholine rings is 1. The van der Waals surface area contributed by atoms with Crippen LogP contribution in [0.1, 0.15) is 18.1 Å². The van der Waals surface area contributed by atoms with Crippen LogP contribution in [0, 0.1) is 6.92 Å². The standard InChI is InChI=1S/C12H17N3OS/c1-8-3-4-14-12(10(8)11(13)17)15-5-6-16-7-9(15)2/h3-4,9H,5-7H2,1-2H3,(H2,13,17). The van der Waals surface area contributed by atoms with Crippen molar-refractivity contribution in [3.63, 3.8) is 0 Å². The second kappa shape index (κ2) is 4.98. The van der Waals surface area contributed by atoms with Crippen LogP contribution in [-0.4, -0.2) is 35.8 Å². The predicted molar refractivity (Wildman–Crippen MR) is 72.5 cm³/mol. The van der Waals surface area contributed by atoms with Gasteiger partial charge in [0.15, 0.2) is 0 Å². The summed E-state index contributed by atoms with van der Waals surface area (Å²) in [5, 5.41) is 0. The third kappa shape index (κ3) is 2.40. The summed E-state index contributed by atoms with van der Waals surface area (Å²) in [5.41, 5.74) is 7.76. The highest BCUT2D eigenvalue weighted by molar-refractivity contribution is 7.80. The molecule has 0 aromatic carbocycles. The number of pyridine rings is 1. The van der Waals surface area contributed by atoms with Gasteiger partial charge in [0.05, 0.1) is 24.8 Å². The molecule has 0 bridgehead atoms. The van der Waals surface area contributed by atoms with Crippen LogP contribution < -0.4 is 10.6 Å². The van der Waals surface area contributed by atoms with Crippen molar-refractivity contribution >= 4 is 23.0 Å². The fourth-order valence-corrected chi connectivity index (χ4v) is 2.36. The number of nitrogens with two attached hydrogens (primary N) is 1. The summed E-state index contributed by atoms with van der Waals surface area (Å²) in [7, 11) is 0. The number of hydrogen-bond acceptors (Lipinski definition) is 4. The highest BCUT2D eigenvalue weighted by Gasteiger charge is 2.23. The van der Waals surface area contributed by atoms with Gasteiger partial charge in [-0.15, -0.1) is 0 Å². The molecule has 0 saturated carbocycles. The van der Waals surface area contributed by atoms with Crippen LogP contribution in [0.25, 0.3) is 0 Å². The lowest BCUT2D eigenvalue weighted by molar-refractivity contribution is 0.0985. The van der Waals surface area contributed by atoms with Gasteiger partial charge in [-0.25, -0.2) is 4.98 Å². The Kier molecular flexibility index (Phi) is 3.59. The van der Waals surface area contributed by atoms with Crippen LogP contribution in [0.15, 0.2) is 12.3 Å². The van der Waals surface area contributed by atoms with Gasteiger partial charge in [0, 0.05) is 12.7 Å². The van der Waals surface area contributed by atoms with Crippen molar-refractivity contribution in [1.82, 2.24) is 4.98 Å². The summed E-state index contributed by atoms with van der Waals surface area (Å²) in [5.74, 6) is 0.883. The van der Waals surface area contributed by atoms with E-state index in [1.165, 1.54) is 0 Å². The van der Waals surface area contributed by atoms with E-state index in [-0.39, 0.29) is 0 Å². The molecular weight excluding hydrogens is 234 g/mol. The number of nitrogens with zero attached hydrogens (tertiary/aromatic N) is 2. The average molecular weight is 251 g/mol. The average Bonchev–Trinajstić information content (AvgIpc) is 2.28. The van der Waals surface area contributed by atoms with Crippen molar-refractivity contribution in [2.75, 3.05) is 24.7 Å². The Morgan fingerprint density at radius 1 is 1.65 bits per heavy atom. The number of aryl methyl sites for hydroxylation is 1. The van der Waals surface area contributed by atoms with Gasteiger partial charge in [-0.1, -0.05) is 12.2 Å². The van der Waals surface area contributed by atoms with Gasteiger partial charge in [-0.3, -0.25) is 0 Å².